The molecule has 6 aromatic rings. The maximum absolute atomic E-state index is 13.1. The lowest BCUT2D eigenvalue weighted by atomic mass is 9.73. The summed E-state index contributed by atoms with van der Waals surface area (Å²) in [5.74, 6) is 2.72. The average molecular weight is 639 g/mol. The maximum atomic E-state index is 13.1. The van der Waals surface area contributed by atoms with Gasteiger partial charge in [-0.15, -0.1) is 0 Å². The van der Waals surface area contributed by atoms with Gasteiger partial charge in [0.05, 0.1) is 28.4 Å². The van der Waals surface area contributed by atoms with Gasteiger partial charge >= 0.3 is 0 Å². The zero-order valence-corrected chi connectivity index (χ0v) is 27.4. The van der Waals surface area contributed by atoms with Gasteiger partial charge in [-0.25, -0.2) is 0 Å². The Kier molecular flexibility index (Phi) is 9.21. The first-order chi connectivity index (χ1) is 23.4. The Morgan fingerprint density at radius 2 is 0.562 bits per heavy atom. The molecular formula is C42H38O6. The standard InChI is InChI=1S/C42H38O6/c1-45-33-21-13-29(14-22-33)41(43,30-15-23-34(46-2)24-16-30)39-11-7-5-9-37(39)38-10-6-8-12-40(38)42(44,31-17-25-35(47-3)26-18-31)32-19-27-36(48-4)28-20-32/h5-28,43-44H,1-4H3. The molecule has 6 aromatic carbocycles. The summed E-state index contributed by atoms with van der Waals surface area (Å²) in [7, 11) is 6.46. The van der Waals surface area contributed by atoms with Crippen LogP contribution >= 0.6 is 0 Å². The van der Waals surface area contributed by atoms with E-state index < -0.39 is 11.2 Å². The van der Waals surface area contributed by atoms with Crippen molar-refractivity contribution in [3.8, 4) is 34.1 Å². The van der Waals surface area contributed by atoms with Gasteiger partial charge < -0.3 is 29.2 Å². The van der Waals surface area contributed by atoms with E-state index in [2.05, 4.69) is 0 Å². The summed E-state index contributed by atoms with van der Waals surface area (Å²) in [4.78, 5) is 0. The molecule has 0 spiro atoms. The van der Waals surface area contributed by atoms with Crippen LogP contribution < -0.4 is 18.9 Å². The van der Waals surface area contributed by atoms with Crippen molar-refractivity contribution in [1.82, 2.24) is 0 Å². The second-order valence-corrected chi connectivity index (χ2v) is 11.4. The summed E-state index contributed by atoms with van der Waals surface area (Å²) < 4.78 is 21.8. The van der Waals surface area contributed by atoms with E-state index in [0.717, 1.165) is 11.1 Å². The molecule has 2 N–H and O–H groups in total. The Balaban J connectivity index is 1.62. The van der Waals surface area contributed by atoms with E-state index in [1.165, 1.54) is 0 Å². The minimum absolute atomic E-state index is 0.639. The number of benzene rings is 6. The molecule has 6 nitrogen and oxygen atoms in total. The third-order valence-electron chi connectivity index (χ3n) is 8.96. The van der Waals surface area contributed by atoms with Crippen molar-refractivity contribution in [3.63, 3.8) is 0 Å². The highest BCUT2D eigenvalue weighted by Crippen LogP contribution is 2.47. The molecule has 0 unspecified atom stereocenters. The van der Waals surface area contributed by atoms with E-state index in [4.69, 9.17) is 18.9 Å². The maximum Gasteiger partial charge on any atom is 0.141 e. The van der Waals surface area contributed by atoms with E-state index in [1.807, 2.05) is 146 Å². The van der Waals surface area contributed by atoms with Gasteiger partial charge in [-0.3, -0.25) is 0 Å². The Bertz CT molecular complexity index is 1720. The van der Waals surface area contributed by atoms with Crippen LogP contribution in [0.4, 0.5) is 0 Å². The van der Waals surface area contributed by atoms with E-state index >= 15 is 0 Å². The van der Waals surface area contributed by atoms with Gasteiger partial charge in [-0.2, -0.15) is 0 Å². The van der Waals surface area contributed by atoms with Gasteiger partial charge in [0.15, 0.2) is 0 Å². The Hall–Kier alpha value is -5.56. The lowest BCUT2D eigenvalue weighted by Crippen LogP contribution is -2.31. The fourth-order valence-corrected chi connectivity index (χ4v) is 6.35. The largest absolute Gasteiger partial charge is 0.497 e. The Morgan fingerprint density at radius 3 is 0.792 bits per heavy atom. The number of aliphatic hydroxyl groups is 2. The normalized spacial score (nSPS) is 11.5. The lowest BCUT2D eigenvalue weighted by molar-refractivity contribution is 0.124. The Morgan fingerprint density at radius 1 is 0.333 bits per heavy atom. The predicted octanol–water partition coefficient (Wildman–Crippen LogP) is 7.96. The monoisotopic (exact) mass is 638 g/mol. The topological polar surface area (TPSA) is 77.4 Å². The summed E-state index contributed by atoms with van der Waals surface area (Å²) in [6.45, 7) is 0. The molecule has 6 heteroatoms. The van der Waals surface area contributed by atoms with E-state index in [9.17, 15) is 10.2 Å². The number of hydrogen-bond acceptors (Lipinski definition) is 6. The van der Waals surface area contributed by atoms with Crippen LogP contribution in [0.25, 0.3) is 11.1 Å². The molecule has 0 bridgehead atoms. The molecule has 242 valence electrons. The fourth-order valence-electron chi connectivity index (χ4n) is 6.35. The third kappa shape index (κ3) is 5.77. The van der Waals surface area contributed by atoms with E-state index in [0.29, 0.717) is 56.4 Å². The average Bonchev–Trinajstić information content (AvgIpc) is 3.17. The zero-order valence-electron chi connectivity index (χ0n) is 27.4. The molecule has 0 saturated heterocycles. The van der Waals surface area contributed by atoms with Crippen molar-refractivity contribution >= 4 is 0 Å². The molecule has 0 amide bonds. The summed E-state index contributed by atoms with van der Waals surface area (Å²) >= 11 is 0. The molecule has 6 rings (SSSR count). The van der Waals surface area contributed by atoms with Crippen molar-refractivity contribution in [2.24, 2.45) is 0 Å². The van der Waals surface area contributed by atoms with E-state index in [-0.39, 0.29) is 0 Å². The minimum atomic E-state index is -1.60. The molecule has 0 aromatic heterocycles. The fraction of sp³-hybridized carbons (Fsp3) is 0.143. The zero-order chi connectivity index (χ0) is 33.7. The van der Waals surface area contributed by atoms with Crippen molar-refractivity contribution in [3.05, 3.63) is 179 Å². The molecule has 0 atom stereocenters. The third-order valence-corrected chi connectivity index (χ3v) is 8.96. The van der Waals surface area contributed by atoms with E-state index in [1.54, 1.807) is 28.4 Å². The Labute approximate surface area is 281 Å². The van der Waals surface area contributed by atoms with Crippen LogP contribution in [0.15, 0.2) is 146 Å². The number of ether oxygens (including phenoxy) is 4. The van der Waals surface area contributed by atoms with Gasteiger partial charge in [0.1, 0.15) is 34.2 Å². The molecule has 0 saturated carbocycles. The van der Waals surface area contributed by atoms with Crippen molar-refractivity contribution in [2.45, 2.75) is 11.2 Å². The molecule has 0 aliphatic carbocycles. The highest BCUT2D eigenvalue weighted by atomic mass is 16.5. The number of methoxy groups -OCH3 is 4. The van der Waals surface area contributed by atoms with Crippen LogP contribution in [-0.4, -0.2) is 38.7 Å². The van der Waals surface area contributed by atoms with Gasteiger partial charge in [0.25, 0.3) is 0 Å². The number of rotatable bonds is 11. The molecular weight excluding hydrogens is 600 g/mol. The molecule has 0 aliphatic rings. The lowest BCUT2D eigenvalue weighted by Gasteiger charge is -2.35. The summed E-state index contributed by atoms with van der Waals surface area (Å²) in [6.07, 6.45) is 0. The first-order valence-corrected chi connectivity index (χ1v) is 15.6. The van der Waals surface area contributed by atoms with Gasteiger partial charge in [-0.05, 0) is 81.9 Å². The first-order valence-electron chi connectivity index (χ1n) is 15.6. The van der Waals surface area contributed by atoms with Gasteiger partial charge in [0, 0.05) is 11.1 Å². The van der Waals surface area contributed by atoms with Crippen molar-refractivity contribution in [2.75, 3.05) is 28.4 Å². The van der Waals surface area contributed by atoms with Crippen LogP contribution in [0.3, 0.4) is 0 Å². The summed E-state index contributed by atoms with van der Waals surface area (Å²) in [6, 6.07) is 45.2. The SMILES string of the molecule is COc1ccc(C(O)(c2ccc(OC)cc2)c2ccccc2-c2ccccc2C(O)(c2ccc(OC)cc2)c2ccc(OC)cc2)cc1. The first kappa shape index (κ1) is 32.4. The smallest absolute Gasteiger partial charge is 0.141 e. The predicted molar refractivity (Wildman–Crippen MR) is 188 cm³/mol. The highest BCUT2D eigenvalue weighted by Gasteiger charge is 2.40. The molecule has 0 radical (unpaired) electrons. The molecule has 0 aliphatic heterocycles. The number of hydrogen-bond donors (Lipinski definition) is 2. The van der Waals surface area contributed by atoms with Crippen LogP contribution in [0.2, 0.25) is 0 Å². The van der Waals surface area contributed by atoms with Crippen molar-refractivity contribution in [1.29, 1.82) is 0 Å². The molecule has 0 fully saturated rings. The molecule has 0 heterocycles. The van der Waals surface area contributed by atoms with Crippen LogP contribution in [0, 0.1) is 0 Å². The quantitative estimate of drug-likeness (QED) is 0.140. The van der Waals surface area contributed by atoms with Gasteiger partial charge in [0.2, 0.25) is 0 Å². The van der Waals surface area contributed by atoms with Crippen LogP contribution in [-0.2, 0) is 11.2 Å². The summed E-state index contributed by atoms with van der Waals surface area (Å²) in [5, 5.41) is 26.1. The molecule has 48 heavy (non-hydrogen) atoms. The minimum Gasteiger partial charge on any atom is -0.497 e. The second kappa shape index (κ2) is 13.7. The van der Waals surface area contributed by atoms with Crippen LogP contribution in [0.1, 0.15) is 33.4 Å². The summed E-state index contributed by atoms with van der Waals surface area (Å²) in [5.41, 5.74) is 2.20. The van der Waals surface area contributed by atoms with Crippen molar-refractivity contribution < 1.29 is 29.2 Å². The van der Waals surface area contributed by atoms with Crippen LogP contribution in [0.5, 0.6) is 23.0 Å². The van der Waals surface area contributed by atoms with Gasteiger partial charge in [-0.1, -0.05) is 97.1 Å². The second-order valence-electron chi connectivity index (χ2n) is 11.4. The highest BCUT2D eigenvalue weighted by molar-refractivity contribution is 5.76.